The third-order valence-corrected chi connectivity index (χ3v) is 3.97. The fourth-order valence-electron chi connectivity index (χ4n) is 2.80. The number of rotatable bonds is 4. The molecule has 2 aromatic rings. The lowest BCUT2D eigenvalue weighted by Gasteiger charge is -2.40. The molecule has 0 atom stereocenters. The molecule has 0 aliphatic heterocycles. The standard InChI is InChI=1S/C14H19N3O/c1-10-12(11-5-3-8-18-11)17-13(16-10)14(9-15-2)6-4-7-14/h3,5,8,15H,4,6-7,9H2,1-2H3,(H,16,17). The topological polar surface area (TPSA) is 53.9 Å². The number of aromatic amines is 1. The second-order valence-electron chi connectivity index (χ2n) is 5.20. The Kier molecular flexibility index (Phi) is 2.74. The summed E-state index contributed by atoms with van der Waals surface area (Å²) in [4.78, 5) is 8.23. The first-order valence-corrected chi connectivity index (χ1v) is 6.51. The van der Waals surface area contributed by atoms with E-state index in [1.165, 1.54) is 19.3 Å². The van der Waals surface area contributed by atoms with Gasteiger partial charge in [-0.3, -0.25) is 0 Å². The van der Waals surface area contributed by atoms with Gasteiger partial charge in [0.15, 0.2) is 5.76 Å². The minimum Gasteiger partial charge on any atom is -0.463 e. The maximum atomic E-state index is 5.44. The lowest BCUT2D eigenvalue weighted by Crippen LogP contribution is -2.43. The largest absolute Gasteiger partial charge is 0.463 e. The van der Waals surface area contributed by atoms with Crippen LogP contribution in [-0.2, 0) is 5.41 Å². The molecule has 4 heteroatoms. The lowest BCUT2D eigenvalue weighted by atomic mass is 9.68. The van der Waals surface area contributed by atoms with E-state index in [9.17, 15) is 0 Å². The van der Waals surface area contributed by atoms with E-state index in [2.05, 4.69) is 17.2 Å². The van der Waals surface area contributed by atoms with Crippen molar-refractivity contribution in [2.75, 3.05) is 13.6 Å². The Labute approximate surface area is 107 Å². The van der Waals surface area contributed by atoms with Gasteiger partial charge in [-0.05, 0) is 38.9 Å². The van der Waals surface area contributed by atoms with Gasteiger partial charge in [-0.1, -0.05) is 6.42 Å². The molecule has 2 heterocycles. The Bertz CT molecular complexity index is 523. The van der Waals surface area contributed by atoms with Gasteiger partial charge < -0.3 is 14.7 Å². The smallest absolute Gasteiger partial charge is 0.154 e. The highest BCUT2D eigenvalue weighted by Gasteiger charge is 2.41. The third kappa shape index (κ3) is 1.68. The lowest BCUT2D eigenvalue weighted by molar-refractivity contribution is 0.226. The Hall–Kier alpha value is -1.55. The van der Waals surface area contributed by atoms with Crippen molar-refractivity contribution in [2.45, 2.75) is 31.6 Å². The van der Waals surface area contributed by atoms with E-state index in [0.717, 1.165) is 29.5 Å². The minimum atomic E-state index is 0.199. The summed E-state index contributed by atoms with van der Waals surface area (Å²) in [6, 6.07) is 3.86. The van der Waals surface area contributed by atoms with Crippen LogP contribution in [0.4, 0.5) is 0 Å². The number of hydrogen-bond donors (Lipinski definition) is 2. The van der Waals surface area contributed by atoms with Gasteiger partial charge in [0.25, 0.3) is 0 Å². The maximum absolute atomic E-state index is 5.44. The number of aromatic nitrogens is 2. The van der Waals surface area contributed by atoms with Crippen molar-refractivity contribution in [1.29, 1.82) is 0 Å². The zero-order chi connectivity index (χ0) is 12.6. The predicted octanol–water partition coefficient (Wildman–Crippen LogP) is 2.62. The molecule has 0 spiro atoms. The zero-order valence-corrected chi connectivity index (χ0v) is 10.9. The fourth-order valence-corrected chi connectivity index (χ4v) is 2.80. The summed E-state index contributed by atoms with van der Waals surface area (Å²) in [5.41, 5.74) is 2.23. The number of furan rings is 1. The molecule has 96 valence electrons. The van der Waals surface area contributed by atoms with Crippen molar-refractivity contribution < 1.29 is 4.42 Å². The van der Waals surface area contributed by atoms with Gasteiger partial charge in [-0.15, -0.1) is 0 Å². The number of H-pyrrole nitrogens is 1. The van der Waals surface area contributed by atoms with Gasteiger partial charge in [0.2, 0.25) is 0 Å². The number of likely N-dealkylation sites (N-methyl/N-ethyl adjacent to an activating group) is 1. The SMILES string of the molecule is CNCC1(c2nc(-c3ccco3)c(C)[nH]2)CCC1. The van der Waals surface area contributed by atoms with Crippen LogP contribution in [0.2, 0.25) is 0 Å². The number of hydrogen-bond acceptors (Lipinski definition) is 3. The first-order valence-electron chi connectivity index (χ1n) is 6.51. The highest BCUT2D eigenvalue weighted by atomic mass is 16.3. The van der Waals surface area contributed by atoms with Crippen LogP contribution in [0.5, 0.6) is 0 Å². The Morgan fingerprint density at radius 2 is 2.33 bits per heavy atom. The second kappa shape index (κ2) is 4.28. The van der Waals surface area contributed by atoms with Crippen LogP contribution in [-0.4, -0.2) is 23.6 Å². The van der Waals surface area contributed by atoms with Gasteiger partial charge >= 0.3 is 0 Å². The number of imidazole rings is 1. The Morgan fingerprint density at radius 3 is 2.89 bits per heavy atom. The summed E-state index contributed by atoms with van der Waals surface area (Å²) in [7, 11) is 2.00. The summed E-state index contributed by atoms with van der Waals surface area (Å²) in [6.07, 6.45) is 5.39. The van der Waals surface area contributed by atoms with Gasteiger partial charge in [0.1, 0.15) is 11.5 Å². The zero-order valence-electron chi connectivity index (χ0n) is 10.9. The second-order valence-corrected chi connectivity index (χ2v) is 5.20. The molecule has 0 saturated heterocycles. The number of aryl methyl sites for hydroxylation is 1. The molecule has 0 radical (unpaired) electrons. The van der Waals surface area contributed by atoms with Crippen molar-refractivity contribution in [3.8, 4) is 11.5 Å². The van der Waals surface area contributed by atoms with Crippen LogP contribution < -0.4 is 5.32 Å². The summed E-state index contributed by atoms with van der Waals surface area (Å²) >= 11 is 0. The molecule has 1 saturated carbocycles. The van der Waals surface area contributed by atoms with E-state index >= 15 is 0 Å². The molecule has 0 aromatic carbocycles. The van der Waals surface area contributed by atoms with E-state index in [1.54, 1.807) is 6.26 Å². The summed E-state index contributed by atoms with van der Waals surface area (Å²) in [6.45, 7) is 3.04. The van der Waals surface area contributed by atoms with Gasteiger partial charge in [-0.25, -0.2) is 4.98 Å². The number of nitrogens with one attached hydrogen (secondary N) is 2. The molecule has 4 nitrogen and oxygen atoms in total. The van der Waals surface area contributed by atoms with E-state index in [-0.39, 0.29) is 5.41 Å². The highest BCUT2D eigenvalue weighted by molar-refractivity contribution is 5.55. The average molecular weight is 245 g/mol. The van der Waals surface area contributed by atoms with E-state index in [0.29, 0.717) is 0 Å². The molecule has 1 aliphatic carbocycles. The van der Waals surface area contributed by atoms with Crippen LogP contribution >= 0.6 is 0 Å². The van der Waals surface area contributed by atoms with Crippen LogP contribution in [0.25, 0.3) is 11.5 Å². The first-order chi connectivity index (χ1) is 8.75. The Balaban J connectivity index is 1.97. The van der Waals surface area contributed by atoms with Gasteiger partial charge in [-0.2, -0.15) is 0 Å². The molecule has 2 aromatic heterocycles. The van der Waals surface area contributed by atoms with Crippen LogP contribution in [0, 0.1) is 6.92 Å². The van der Waals surface area contributed by atoms with Crippen molar-refractivity contribution in [2.24, 2.45) is 0 Å². The molecule has 1 aliphatic rings. The highest BCUT2D eigenvalue weighted by Crippen LogP contribution is 2.42. The van der Waals surface area contributed by atoms with E-state index < -0.39 is 0 Å². The first kappa shape index (κ1) is 11.5. The molecule has 18 heavy (non-hydrogen) atoms. The van der Waals surface area contributed by atoms with Crippen molar-refractivity contribution in [3.63, 3.8) is 0 Å². The number of nitrogens with zero attached hydrogens (tertiary/aromatic N) is 1. The molecule has 0 unspecified atom stereocenters. The van der Waals surface area contributed by atoms with E-state index in [4.69, 9.17) is 9.40 Å². The maximum Gasteiger partial charge on any atom is 0.154 e. The molecule has 2 N–H and O–H groups in total. The molecular weight excluding hydrogens is 226 g/mol. The Morgan fingerprint density at radius 1 is 1.50 bits per heavy atom. The van der Waals surface area contributed by atoms with Crippen molar-refractivity contribution >= 4 is 0 Å². The van der Waals surface area contributed by atoms with Gasteiger partial charge in [0, 0.05) is 17.7 Å². The van der Waals surface area contributed by atoms with Crippen LogP contribution in [0.3, 0.4) is 0 Å². The van der Waals surface area contributed by atoms with Gasteiger partial charge in [0.05, 0.1) is 6.26 Å². The summed E-state index contributed by atoms with van der Waals surface area (Å²) in [5, 5.41) is 3.29. The average Bonchev–Trinajstić information content (AvgIpc) is 2.92. The van der Waals surface area contributed by atoms with Crippen molar-refractivity contribution in [3.05, 3.63) is 29.9 Å². The molecule has 3 rings (SSSR count). The minimum absolute atomic E-state index is 0.199. The fraction of sp³-hybridized carbons (Fsp3) is 0.500. The molecule has 0 bridgehead atoms. The quantitative estimate of drug-likeness (QED) is 0.870. The van der Waals surface area contributed by atoms with Crippen molar-refractivity contribution in [1.82, 2.24) is 15.3 Å². The van der Waals surface area contributed by atoms with E-state index in [1.807, 2.05) is 19.2 Å². The summed E-state index contributed by atoms with van der Waals surface area (Å²) < 4.78 is 5.44. The summed E-state index contributed by atoms with van der Waals surface area (Å²) in [5.74, 6) is 1.95. The third-order valence-electron chi connectivity index (χ3n) is 3.97. The van der Waals surface area contributed by atoms with Crippen LogP contribution in [0.1, 0.15) is 30.8 Å². The molecular formula is C14H19N3O. The molecule has 0 amide bonds. The normalized spacial score (nSPS) is 17.7. The molecule has 1 fully saturated rings. The monoisotopic (exact) mass is 245 g/mol. The van der Waals surface area contributed by atoms with Crippen LogP contribution in [0.15, 0.2) is 22.8 Å². The predicted molar refractivity (Wildman–Crippen MR) is 70.5 cm³/mol.